The molecule has 0 aliphatic rings. The summed E-state index contributed by atoms with van der Waals surface area (Å²) in [6.45, 7) is 0.203. The lowest BCUT2D eigenvalue weighted by molar-refractivity contribution is 0.322. The van der Waals surface area contributed by atoms with Crippen LogP contribution < -0.4 is 9.46 Å². The molecule has 112 valence electrons. The zero-order valence-corrected chi connectivity index (χ0v) is 13.3. The quantitative estimate of drug-likeness (QED) is 0.792. The number of ether oxygens (including phenoxy) is 1. The molecule has 0 atom stereocenters. The van der Waals surface area contributed by atoms with Crippen LogP contribution in [0.1, 0.15) is 0 Å². The minimum Gasteiger partial charge on any atom is -0.492 e. The molecular weight excluding hydrogens is 361 g/mol. The molecular formula is C14H13BrFNO3S. The van der Waals surface area contributed by atoms with E-state index in [-0.39, 0.29) is 18.0 Å². The van der Waals surface area contributed by atoms with Gasteiger partial charge >= 0.3 is 0 Å². The first kappa shape index (κ1) is 15.9. The van der Waals surface area contributed by atoms with Crippen LogP contribution in [0.5, 0.6) is 5.75 Å². The summed E-state index contributed by atoms with van der Waals surface area (Å²) in [6, 6.07) is 12.8. The lowest BCUT2D eigenvalue weighted by Crippen LogP contribution is -2.29. The van der Waals surface area contributed by atoms with Crippen molar-refractivity contribution in [3.05, 3.63) is 58.8 Å². The highest BCUT2D eigenvalue weighted by molar-refractivity contribution is 9.10. The first-order chi connectivity index (χ1) is 9.99. The van der Waals surface area contributed by atoms with Crippen LogP contribution in [0, 0.1) is 5.82 Å². The van der Waals surface area contributed by atoms with Crippen molar-refractivity contribution in [3.8, 4) is 5.75 Å². The summed E-state index contributed by atoms with van der Waals surface area (Å²) in [6.07, 6.45) is 0. The highest BCUT2D eigenvalue weighted by atomic mass is 79.9. The fourth-order valence-corrected chi connectivity index (χ4v) is 3.04. The topological polar surface area (TPSA) is 55.4 Å². The number of nitrogens with one attached hydrogen (secondary N) is 1. The number of hydrogen-bond acceptors (Lipinski definition) is 3. The fourth-order valence-electron chi connectivity index (χ4n) is 1.63. The average Bonchev–Trinajstić information content (AvgIpc) is 2.44. The summed E-state index contributed by atoms with van der Waals surface area (Å²) >= 11 is 3.08. The number of benzene rings is 2. The molecule has 2 aromatic carbocycles. The zero-order valence-electron chi connectivity index (χ0n) is 10.9. The molecule has 1 N–H and O–H groups in total. The van der Waals surface area contributed by atoms with E-state index in [0.29, 0.717) is 10.2 Å². The van der Waals surface area contributed by atoms with Gasteiger partial charge in [0.15, 0.2) is 0 Å². The fraction of sp³-hybridized carbons (Fsp3) is 0.143. The van der Waals surface area contributed by atoms with E-state index in [2.05, 4.69) is 20.7 Å². The van der Waals surface area contributed by atoms with Gasteiger partial charge in [-0.1, -0.05) is 34.1 Å². The van der Waals surface area contributed by atoms with Crippen LogP contribution in [-0.2, 0) is 10.0 Å². The Bertz CT molecular complexity index is 707. The molecule has 0 unspecified atom stereocenters. The third-order valence-electron chi connectivity index (χ3n) is 2.59. The summed E-state index contributed by atoms with van der Waals surface area (Å²) in [5.41, 5.74) is 0. The van der Waals surface area contributed by atoms with Crippen LogP contribution in [0.25, 0.3) is 0 Å². The summed E-state index contributed by atoms with van der Waals surface area (Å²) in [5.74, 6) is -0.160. The monoisotopic (exact) mass is 373 g/mol. The van der Waals surface area contributed by atoms with Crippen LogP contribution in [0.2, 0.25) is 0 Å². The lowest BCUT2D eigenvalue weighted by Gasteiger charge is -2.09. The van der Waals surface area contributed by atoms with Crippen molar-refractivity contribution >= 4 is 26.0 Å². The number of sulfonamides is 1. The Kier molecular flexibility index (Phi) is 5.33. The molecule has 0 fully saturated rings. The lowest BCUT2D eigenvalue weighted by atomic mass is 10.3. The predicted molar refractivity (Wildman–Crippen MR) is 81.2 cm³/mol. The third-order valence-corrected chi connectivity index (χ3v) is 4.58. The maximum atomic E-state index is 13.6. The van der Waals surface area contributed by atoms with Gasteiger partial charge in [-0.25, -0.2) is 17.5 Å². The maximum Gasteiger partial charge on any atom is 0.243 e. The van der Waals surface area contributed by atoms with Gasteiger partial charge < -0.3 is 4.74 Å². The Morgan fingerprint density at radius 2 is 1.86 bits per heavy atom. The Labute approximate surface area is 131 Å². The van der Waals surface area contributed by atoms with Gasteiger partial charge in [0.2, 0.25) is 10.0 Å². The molecule has 21 heavy (non-hydrogen) atoms. The van der Waals surface area contributed by atoms with Crippen molar-refractivity contribution in [1.82, 2.24) is 4.72 Å². The van der Waals surface area contributed by atoms with E-state index in [1.54, 1.807) is 12.1 Å². The van der Waals surface area contributed by atoms with E-state index in [1.807, 2.05) is 18.2 Å². The summed E-state index contributed by atoms with van der Waals surface area (Å²) in [5, 5.41) is 0. The number of para-hydroxylation sites is 1. The van der Waals surface area contributed by atoms with Crippen LogP contribution in [0.4, 0.5) is 4.39 Å². The molecule has 0 amide bonds. The highest BCUT2D eigenvalue weighted by Gasteiger charge is 2.18. The second kappa shape index (κ2) is 7.02. The summed E-state index contributed by atoms with van der Waals surface area (Å²) in [4.78, 5) is -0.384. The number of hydrogen-bond donors (Lipinski definition) is 1. The minimum atomic E-state index is -3.89. The van der Waals surface area contributed by atoms with Crippen molar-refractivity contribution in [2.45, 2.75) is 4.90 Å². The smallest absolute Gasteiger partial charge is 0.243 e. The molecule has 2 rings (SSSR count). The van der Waals surface area contributed by atoms with Gasteiger partial charge in [0, 0.05) is 11.0 Å². The Hall–Kier alpha value is -1.44. The second-order valence-electron chi connectivity index (χ2n) is 4.13. The maximum absolute atomic E-state index is 13.6. The van der Waals surface area contributed by atoms with Crippen molar-refractivity contribution < 1.29 is 17.5 Å². The molecule has 2 aromatic rings. The number of halogens is 2. The van der Waals surface area contributed by atoms with E-state index in [9.17, 15) is 12.8 Å². The van der Waals surface area contributed by atoms with Gasteiger partial charge in [-0.3, -0.25) is 0 Å². The van der Waals surface area contributed by atoms with Gasteiger partial charge in [-0.15, -0.1) is 0 Å². The molecule has 0 heterocycles. The minimum absolute atomic E-state index is 0.0483. The molecule has 0 saturated carbocycles. The van der Waals surface area contributed by atoms with E-state index in [4.69, 9.17) is 4.74 Å². The molecule has 0 saturated heterocycles. The van der Waals surface area contributed by atoms with E-state index >= 15 is 0 Å². The van der Waals surface area contributed by atoms with Gasteiger partial charge in [0.1, 0.15) is 23.1 Å². The van der Waals surface area contributed by atoms with E-state index in [1.165, 1.54) is 12.1 Å². The average molecular weight is 374 g/mol. The van der Waals surface area contributed by atoms with Gasteiger partial charge in [-0.05, 0) is 30.3 Å². The first-order valence-corrected chi connectivity index (χ1v) is 8.39. The van der Waals surface area contributed by atoms with Gasteiger partial charge in [0.25, 0.3) is 0 Å². The standard InChI is InChI=1S/C14H13BrFNO3S/c15-11-6-7-14(13(16)10-11)21(18,19)17-8-9-20-12-4-2-1-3-5-12/h1-7,10,17H,8-9H2. The Balaban J connectivity index is 1.92. The first-order valence-electron chi connectivity index (χ1n) is 6.11. The zero-order chi connectivity index (χ0) is 15.3. The van der Waals surface area contributed by atoms with Gasteiger partial charge in [-0.2, -0.15) is 0 Å². The molecule has 7 heteroatoms. The van der Waals surface area contributed by atoms with Crippen LogP contribution >= 0.6 is 15.9 Å². The summed E-state index contributed by atoms with van der Waals surface area (Å²) < 4.78 is 45.7. The third kappa shape index (κ3) is 4.52. The van der Waals surface area contributed by atoms with E-state index in [0.717, 1.165) is 6.07 Å². The normalized spacial score (nSPS) is 11.3. The molecule has 0 aliphatic heterocycles. The SMILES string of the molecule is O=S(=O)(NCCOc1ccccc1)c1ccc(Br)cc1F. The molecule has 4 nitrogen and oxygen atoms in total. The number of rotatable bonds is 6. The Morgan fingerprint density at radius 1 is 1.14 bits per heavy atom. The predicted octanol–water partition coefficient (Wildman–Crippen LogP) is 2.95. The van der Waals surface area contributed by atoms with Crippen LogP contribution in [0.3, 0.4) is 0 Å². The molecule has 0 bridgehead atoms. The molecule has 0 aliphatic carbocycles. The van der Waals surface area contributed by atoms with Crippen molar-refractivity contribution in [2.24, 2.45) is 0 Å². The highest BCUT2D eigenvalue weighted by Crippen LogP contribution is 2.19. The van der Waals surface area contributed by atoms with Crippen molar-refractivity contribution in [1.29, 1.82) is 0 Å². The molecule has 0 aromatic heterocycles. The van der Waals surface area contributed by atoms with Crippen molar-refractivity contribution in [3.63, 3.8) is 0 Å². The van der Waals surface area contributed by atoms with Crippen LogP contribution in [0.15, 0.2) is 57.9 Å². The molecule has 0 radical (unpaired) electrons. The van der Waals surface area contributed by atoms with Gasteiger partial charge in [0.05, 0.1) is 0 Å². The second-order valence-corrected chi connectivity index (χ2v) is 6.79. The van der Waals surface area contributed by atoms with Crippen molar-refractivity contribution in [2.75, 3.05) is 13.2 Å². The summed E-state index contributed by atoms with van der Waals surface area (Å²) in [7, 11) is -3.89. The molecule has 0 spiro atoms. The largest absolute Gasteiger partial charge is 0.492 e. The van der Waals surface area contributed by atoms with E-state index < -0.39 is 15.8 Å². The van der Waals surface area contributed by atoms with Crippen LogP contribution in [-0.4, -0.2) is 21.6 Å². The Morgan fingerprint density at radius 3 is 2.52 bits per heavy atom.